The van der Waals surface area contributed by atoms with Gasteiger partial charge in [0.15, 0.2) is 0 Å². The van der Waals surface area contributed by atoms with Crippen LogP contribution < -0.4 is 16.2 Å². The SMILES string of the molecule is Fc1ccc(C2NNCC2CNCc2ccccc2-n2ccnc2)cc1. The van der Waals surface area contributed by atoms with Crippen molar-refractivity contribution in [1.29, 1.82) is 0 Å². The second-order valence-electron chi connectivity index (χ2n) is 6.54. The molecule has 1 saturated heterocycles. The number of hydrazine groups is 1. The summed E-state index contributed by atoms with van der Waals surface area (Å²) in [6.07, 6.45) is 5.55. The van der Waals surface area contributed by atoms with Crippen LogP contribution in [0.3, 0.4) is 0 Å². The van der Waals surface area contributed by atoms with Crippen LogP contribution in [-0.4, -0.2) is 22.6 Å². The molecule has 1 aliphatic rings. The number of nitrogens with one attached hydrogen (secondary N) is 3. The fraction of sp³-hybridized carbons (Fsp3) is 0.250. The molecule has 26 heavy (non-hydrogen) atoms. The lowest BCUT2D eigenvalue weighted by Gasteiger charge is -2.20. The van der Waals surface area contributed by atoms with Gasteiger partial charge in [0.2, 0.25) is 0 Å². The molecule has 0 spiro atoms. The highest BCUT2D eigenvalue weighted by atomic mass is 19.1. The molecule has 6 heteroatoms. The maximum absolute atomic E-state index is 13.2. The van der Waals surface area contributed by atoms with Crippen molar-refractivity contribution in [2.75, 3.05) is 13.1 Å². The van der Waals surface area contributed by atoms with Crippen molar-refractivity contribution in [2.45, 2.75) is 12.6 Å². The Morgan fingerprint density at radius 1 is 1.15 bits per heavy atom. The van der Waals surface area contributed by atoms with E-state index in [1.807, 2.05) is 35.3 Å². The molecule has 5 nitrogen and oxygen atoms in total. The van der Waals surface area contributed by atoms with Gasteiger partial charge >= 0.3 is 0 Å². The van der Waals surface area contributed by atoms with Gasteiger partial charge in [-0.1, -0.05) is 30.3 Å². The van der Waals surface area contributed by atoms with E-state index >= 15 is 0 Å². The van der Waals surface area contributed by atoms with E-state index in [-0.39, 0.29) is 11.9 Å². The maximum Gasteiger partial charge on any atom is 0.123 e. The first kappa shape index (κ1) is 16.9. The van der Waals surface area contributed by atoms with Crippen molar-refractivity contribution in [1.82, 2.24) is 25.7 Å². The molecular weight excluding hydrogens is 329 g/mol. The van der Waals surface area contributed by atoms with Crippen LogP contribution in [0.15, 0.2) is 67.3 Å². The molecule has 2 heterocycles. The standard InChI is InChI=1S/C20H22FN5/c21-18-7-5-15(6-8-18)20-17(13-24-25-20)12-23-11-16-3-1-2-4-19(16)26-10-9-22-14-26/h1-10,14,17,20,23-25H,11-13H2. The number of rotatable bonds is 6. The monoisotopic (exact) mass is 351 g/mol. The van der Waals surface area contributed by atoms with Gasteiger partial charge in [0.25, 0.3) is 0 Å². The fourth-order valence-corrected chi connectivity index (χ4v) is 3.46. The van der Waals surface area contributed by atoms with Gasteiger partial charge in [0.05, 0.1) is 18.1 Å². The molecule has 3 N–H and O–H groups in total. The van der Waals surface area contributed by atoms with Gasteiger partial charge in [-0.2, -0.15) is 0 Å². The number of halogens is 1. The molecular formula is C20H22FN5. The van der Waals surface area contributed by atoms with Crippen LogP contribution in [0, 0.1) is 11.7 Å². The fourth-order valence-electron chi connectivity index (χ4n) is 3.46. The Morgan fingerprint density at radius 3 is 2.81 bits per heavy atom. The minimum atomic E-state index is -0.203. The number of imidazole rings is 1. The van der Waals surface area contributed by atoms with Gasteiger partial charge in [-0.3, -0.25) is 5.43 Å². The van der Waals surface area contributed by atoms with Gasteiger partial charge in [-0.25, -0.2) is 14.8 Å². The summed E-state index contributed by atoms with van der Waals surface area (Å²) in [4.78, 5) is 4.13. The first-order valence-corrected chi connectivity index (χ1v) is 8.82. The minimum absolute atomic E-state index is 0.173. The zero-order valence-electron chi connectivity index (χ0n) is 14.4. The van der Waals surface area contributed by atoms with E-state index in [1.165, 1.54) is 17.7 Å². The highest BCUT2D eigenvalue weighted by Gasteiger charge is 2.27. The van der Waals surface area contributed by atoms with E-state index in [2.05, 4.69) is 39.4 Å². The summed E-state index contributed by atoms with van der Waals surface area (Å²) < 4.78 is 15.2. The quantitative estimate of drug-likeness (QED) is 0.639. The van der Waals surface area contributed by atoms with Crippen molar-refractivity contribution in [2.24, 2.45) is 5.92 Å². The van der Waals surface area contributed by atoms with E-state index in [1.54, 1.807) is 6.20 Å². The zero-order valence-corrected chi connectivity index (χ0v) is 14.4. The zero-order chi connectivity index (χ0) is 17.8. The molecule has 0 bridgehead atoms. The third kappa shape index (κ3) is 3.67. The van der Waals surface area contributed by atoms with Gasteiger partial charge in [0, 0.05) is 37.9 Å². The van der Waals surface area contributed by atoms with E-state index in [0.29, 0.717) is 5.92 Å². The number of aromatic nitrogens is 2. The Bertz CT molecular complexity index is 832. The van der Waals surface area contributed by atoms with Crippen molar-refractivity contribution in [3.63, 3.8) is 0 Å². The third-order valence-corrected chi connectivity index (χ3v) is 4.82. The van der Waals surface area contributed by atoms with Crippen molar-refractivity contribution in [3.05, 3.63) is 84.2 Å². The minimum Gasteiger partial charge on any atom is -0.312 e. The molecule has 4 rings (SSSR count). The molecule has 2 unspecified atom stereocenters. The molecule has 1 fully saturated rings. The molecule has 0 amide bonds. The molecule has 0 saturated carbocycles. The largest absolute Gasteiger partial charge is 0.312 e. The predicted molar refractivity (Wildman–Crippen MR) is 99.0 cm³/mol. The van der Waals surface area contributed by atoms with Crippen LogP contribution in [0.4, 0.5) is 4.39 Å². The highest BCUT2D eigenvalue weighted by molar-refractivity contribution is 5.40. The van der Waals surface area contributed by atoms with Gasteiger partial charge in [-0.15, -0.1) is 0 Å². The number of nitrogens with zero attached hydrogens (tertiary/aromatic N) is 2. The Hall–Kier alpha value is -2.54. The average molecular weight is 351 g/mol. The molecule has 0 aliphatic carbocycles. The normalized spacial score (nSPS) is 19.7. The third-order valence-electron chi connectivity index (χ3n) is 4.82. The average Bonchev–Trinajstić information content (AvgIpc) is 3.35. The summed E-state index contributed by atoms with van der Waals surface area (Å²) in [6, 6.07) is 15.2. The van der Waals surface area contributed by atoms with E-state index in [0.717, 1.165) is 30.9 Å². The van der Waals surface area contributed by atoms with Crippen LogP contribution in [0.1, 0.15) is 17.2 Å². The molecule has 134 valence electrons. The first-order valence-electron chi connectivity index (χ1n) is 8.82. The predicted octanol–water partition coefficient (Wildman–Crippen LogP) is 2.57. The Labute approximate surface area is 152 Å². The Balaban J connectivity index is 1.40. The molecule has 2 atom stereocenters. The van der Waals surface area contributed by atoms with Crippen LogP contribution in [0.5, 0.6) is 0 Å². The Kier molecular flexibility index (Phi) is 5.06. The lowest BCUT2D eigenvalue weighted by Crippen LogP contribution is -2.28. The summed E-state index contributed by atoms with van der Waals surface area (Å²) in [5, 5.41) is 3.57. The first-order chi connectivity index (χ1) is 12.8. The van der Waals surface area contributed by atoms with Crippen LogP contribution in [-0.2, 0) is 6.54 Å². The maximum atomic E-state index is 13.2. The van der Waals surface area contributed by atoms with Crippen molar-refractivity contribution >= 4 is 0 Å². The van der Waals surface area contributed by atoms with Crippen LogP contribution >= 0.6 is 0 Å². The summed E-state index contributed by atoms with van der Waals surface area (Å²) in [5.74, 6) is 0.186. The number of para-hydroxylation sites is 1. The molecule has 1 aromatic heterocycles. The summed E-state index contributed by atoms with van der Waals surface area (Å²) in [6.45, 7) is 2.51. The molecule has 2 aromatic carbocycles. The van der Waals surface area contributed by atoms with Crippen LogP contribution in [0.25, 0.3) is 5.69 Å². The lowest BCUT2D eigenvalue weighted by molar-refractivity contribution is 0.441. The van der Waals surface area contributed by atoms with E-state index in [9.17, 15) is 4.39 Å². The molecule has 3 aromatic rings. The topological polar surface area (TPSA) is 53.9 Å². The lowest BCUT2D eigenvalue weighted by atomic mass is 9.95. The summed E-state index contributed by atoms with van der Waals surface area (Å²) in [5.41, 5.74) is 9.98. The van der Waals surface area contributed by atoms with E-state index < -0.39 is 0 Å². The Morgan fingerprint density at radius 2 is 2.00 bits per heavy atom. The number of benzene rings is 2. The van der Waals surface area contributed by atoms with Crippen molar-refractivity contribution in [3.8, 4) is 5.69 Å². The number of hydrogen-bond donors (Lipinski definition) is 3. The number of hydrogen-bond acceptors (Lipinski definition) is 4. The van der Waals surface area contributed by atoms with E-state index in [4.69, 9.17) is 0 Å². The summed E-state index contributed by atoms with van der Waals surface area (Å²) in [7, 11) is 0. The van der Waals surface area contributed by atoms with Crippen molar-refractivity contribution < 1.29 is 4.39 Å². The second-order valence-corrected chi connectivity index (χ2v) is 6.54. The summed E-state index contributed by atoms with van der Waals surface area (Å²) >= 11 is 0. The van der Waals surface area contributed by atoms with Gasteiger partial charge in [-0.05, 0) is 29.3 Å². The van der Waals surface area contributed by atoms with Gasteiger partial charge in [0.1, 0.15) is 5.82 Å². The molecule has 0 radical (unpaired) electrons. The van der Waals surface area contributed by atoms with Crippen LogP contribution in [0.2, 0.25) is 0 Å². The van der Waals surface area contributed by atoms with Gasteiger partial charge < -0.3 is 9.88 Å². The highest BCUT2D eigenvalue weighted by Crippen LogP contribution is 2.24. The molecule has 1 aliphatic heterocycles. The second kappa shape index (κ2) is 7.78. The smallest absolute Gasteiger partial charge is 0.123 e.